The number of fused-ring (bicyclic) bond motifs is 1. The molecule has 1 aromatic heterocycles. The second kappa shape index (κ2) is 13.6. The maximum atomic E-state index is 14.0. The van der Waals surface area contributed by atoms with Crippen molar-refractivity contribution >= 4 is 11.5 Å². The number of benzene rings is 2. The number of rotatable bonds is 10. The standard InChI is InChI=1S/C32H34F3N3O3/c1-4-8-23(9-5-2)27-14-13-26(21-28(27)32(33,34)35)31-36-30(37-41-31)25-12-11-22-15-18-38(19-16-24(22)20-25)17-7-10-29(39)40-6-3/h4-5,8-9,11-14,20-21H,1,6-7,10,15-19H2,2-3H3. The Balaban J connectivity index is 1.52. The smallest absolute Gasteiger partial charge is 0.417 e. The molecule has 0 bridgehead atoms. The van der Waals surface area contributed by atoms with Crippen LogP contribution in [-0.2, 0) is 28.5 Å². The summed E-state index contributed by atoms with van der Waals surface area (Å²) in [5.74, 6) is 0.167. The van der Waals surface area contributed by atoms with E-state index in [0.29, 0.717) is 24.4 Å². The number of nitrogens with zero attached hydrogens (tertiary/aromatic N) is 3. The van der Waals surface area contributed by atoms with E-state index in [9.17, 15) is 18.0 Å². The van der Waals surface area contributed by atoms with Gasteiger partial charge in [-0.05, 0) is 80.1 Å². The van der Waals surface area contributed by atoms with Gasteiger partial charge in [0.15, 0.2) is 0 Å². The number of ether oxygens (including phenoxy) is 1. The van der Waals surface area contributed by atoms with Crippen LogP contribution < -0.4 is 0 Å². The van der Waals surface area contributed by atoms with Crippen molar-refractivity contribution < 1.29 is 27.2 Å². The molecule has 0 amide bonds. The molecule has 6 nitrogen and oxygen atoms in total. The molecular weight excluding hydrogens is 531 g/mol. The summed E-state index contributed by atoms with van der Waals surface area (Å²) in [5.41, 5.74) is 2.99. The van der Waals surface area contributed by atoms with Crippen molar-refractivity contribution in [3.05, 3.63) is 89.5 Å². The predicted octanol–water partition coefficient (Wildman–Crippen LogP) is 7.31. The lowest BCUT2D eigenvalue weighted by Gasteiger charge is -2.19. The average molecular weight is 566 g/mol. The van der Waals surface area contributed by atoms with Gasteiger partial charge in [0.05, 0.1) is 12.2 Å². The molecule has 0 atom stereocenters. The lowest BCUT2D eigenvalue weighted by Crippen LogP contribution is -2.28. The fourth-order valence-corrected chi connectivity index (χ4v) is 4.98. The van der Waals surface area contributed by atoms with Crippen molar-refractivity contribution in [2.24, 2.45) is 0 Å². The van der Waals surface area contributed by atoms with Crippen molar-refractivity contribution in [1.82, 2.24) is 15.0 Å². The Morgan fingerprint density at radius 1 is 1.12 bits per heavy atom. The van der Waals surface area contributed by atoms with Crippen molar-refractivity contribution in [3.8, 4) is 22.8 Å². The van der Waals surface area contributed by atoms with Crippen molar-refractivity contribution in [2.75, 3.05) is 26.2 Å². The Hall–Kier alpha value is -3.98. The number of hydrogen-bond donors (Lipinski definition) is 0. The quantitative estimate of drug-likeness (QED) is 0.190. The van der Waals surface area contributed by atoms with Crippen LogP contribution in [0.15, 0.2) is 71.8 Å². The molecule has 1 aliphatic rings. The minimum Gasteiger partial charge on any atom is -0.466 e. The van der Waals surface area contributed by atoms with Gasteiger partial charge in [0.1, 0.15) is 0 Å². The summed E-state index contributed by atoms with van der Waals surface area (Å²) < 4.78 is 52.6. The molecule has 0 N–H and O–H groups in total. The van der Waals surface area contributed by atoms with Crippen LogP contribution in [0.25, 0.3) is 28.4 Å². The van der Waals surface area contributed by atoms with E-state index in [-0.39, 0.29) is 23.0 Å². The van der Waals surface area contributed by atoms with Gasteiger partial charge in [-0.1, -0.05) is 54.2 Å². The van der Waals surface area contributed by atoms with Gasteiger partial charge in [-0.3, -0.25) is 4.79 Å². The zero-order valence-electron chi connectivity index (χ0n) is 23.3. The highest BCUT2D eigenvalue weighted by Crippen LogP contribution is 2.38. The second-order valence-corrected chi connectivity index (χ2v) is 9.77. The highest BCUT2D eigenvalue weighted by Gasteiger charge is 2.34. The van der Waals surface area contributed by atoms with Crippen molar-refractivity contribution in [2.45, 2.75) is 45.7 Å². The number of hydrogen-bond acceptors (Lipinski definition) is 6. The first-order chi connectivity index (χ1) is 19.7. The van der Waals surface area contributed by atoms with E-state index >= 15 is 0 Å². The normalized spacial score (nSPS) is 14.6. The van der Waals surface area contributed by atoms with Gasteiger partial charge in [0, 0.05) is 30.6 Å². The highest BCUT2D eigenvalue weighted by molar-refractivity contribution is 5.79. The molecule has 0 spiro atoms. The number of alkyl halides is 3. The maximum absolute atomic E-state index is 14.0. The minimum atomic E-state index is -4.58. The Kier molecular flexibility index (Phi) is 9.94. The lowest BCUT2D eigenvalue weighted by molar-refractivity contribution is -0.143. The second-order valence-electron chi connectivity index (χ2n) is 9.77. The zero-order chi connectivity index (χ0) is 29.4. The third-order valence-corrected chi connectivity index (χ3v) is 6.97. The highest BCUT2D eigenvalue weighted by atomic mass is 19.4. The summed E-state index contributed by atoms with van der Waals surface area (Å²) >= 11 is 0. The molecule has 0 radical (unpaired) electrons. The van der Waals surface area contributed by atoms with Crippen molar-refractivity contribution in [3.63, 3.8) is 0 Å². The zero-order valence-corrected chi connectivity index (χ0v) is 23.3. The van der Waals surface area contributed by atoms with Crippen LogP contribution in [0.1, 0.15) is 48.9 Å². The Labute approximate surface area is 238 Å². The topological polar surface area (TPSA) is 68.5 Å². The first-order valence-electron chi connectivity index (χ1n) is 13.7. The average Bonchev–Trinajstić information content (AvgIpc) is 3.35. The largest absolute Gasteiger partial charge is 0.466 e. The van der Waals surface area contributed by atoms with Gasteiger partial charge >= 0.3 is 12.1 Å². The lowest BCUT2D eigenvalue weighted by atomic mass is 9.96. The van der Waals surface area contributed by atoms with Gasteiger partial charge in [-0.15, -0.1) is 0 Å². The van der Waals surface area contributed by atoms with Crippen molar-refractivity contribution in [1.29, 1.82) is 0 Å². The number of carbonyl (C=O) groups is 1. The van der Waals surface area contributed by atoms with E-state index in [2.05, 4.69) is 21.6 Å². The molecule has 41 heavy (non-hydrogen) atoms. The van der Waals surface area contributed by atoms with Crippen LogP contribution >= 0.6 is 0 Å². The van der Waals surface area contributed by atoms with Gasteiger partial charge in [0.25, 0.3) is 5.89 Å². The molecule has 0 saturated heterocycles. The summed E-state index contributed by atoms with van der Waals surface area (Å²) in [7, 11) is 0. The van der Waals surface area contributed by atoms with E-state index in [0.717, 1.165) is 50.5 Å². The third-order valence-electron chi connectivity index (χ3n) is 6.97. The summed E-state index contributed by atoms with van der Waals surface area (Å²) in [6.07, 6.45) is 4.58. The molecule has 0 aliphatic carbocycles. The molecule has 216 valence electrons. The number of esters is 1. The molecule has 0 fully saturated rings. The minimum absolute atomic E-state index is 0.0139. The third kappa shape index (κ3) is 7.61. The van der Waals surface area contributed by atoms with E-state index in [1.165, 1.54) is 29.3 Å². The van der Waals surface area contributed by atoms with Crippen LogP contribution in [0.4, 0.5) is 13.2 Å². The van der Waals surface area contributed by atoms with Crippen LogP contribution in [0.3, 0.4) is 0 Å². The van der Waals surface area contributed by atoms with Gasteiger partial charge < -0.3 is 14.2 Å². The van der Waals surface area contributed by atoms with Crippen LogP contribution in [-0.4, -0.2) is 47.3 Å². The molecule has 2 aromatic carbocycles. The van der Waals surface area contributed by atoms with E-state index < -0.39 is 11.7 Å². The maximum Gasteiger partial charge on any atom is 0.417 e. The molecule has 9 heteroatoms. The van der Waals surface area contributed by atoms with Gasteiger partial charge in [-0.2, -0.15) is 18.2 Å². The Morgan fingerprint density at radius 3 is 2.59 bits per heavy atom. The number of halogens is 3. The van der Waals surface area contributed by atoms with E-state index in [1.54, 1.807) is 32.1 Å². The van der Waals surface area contributed by atoms with Gasteiger partial charge in [0.2, 0.25) is 5.82 Å². The fourth-order valence-electron chi connectivity index (χ4n) is 4.98. The molecule has 4 rings (SSSR count). The summed E-state index contributed by atoms with van der Waals surface area (Å²) in [5, 5.41) is 4.07. The number of allylic oxidation sites excluding steroid dienone is 5. The molecule has 0 saturated carbocycles. The van der Waals surface area contributed by atoms with Crippen LogP contribution in [0, 0.1) is 0 Å². The summed E-state index contributed by atoms with van der Waals surface area (Å²) in [6, 6.07) is 10.0. The molecule has 1 aliphatic heterocycles. The number of carbonyl (C=O) groups excluding carboxylic acids is 1. The monoisotopic (exact) mass is 565 g/mol. The molecule has 3 aromatic rings. The summed E-state index contributed by atoms with van der Waals surface area (Å²) in [4.78, 5) is 18.4. The SMILES string of the molecule is C=CC=C(C=CC)c1ccc(-c2nc(-c3ccc4c(c3)CCN(CCCC(=O)OCC)CC4)no2)cc1C(F)(F)F. The molecule has 2 heterocycles. The Morgan fingerprint density at radius 2 is 1.88 bits per heavy atom. The molecular formula is C32H34F3N3O3. The van der Waals surface area contributed by atoms with Crippen LogP contribution in [0.5, 0.6) is 0 Å². The fraction of sp³-hybridized carbons (Fsp3) is 0.344. The Bertz CT molecular complexity index is 1440. The first kappa shape index (κ1) is 30.0. The summed E-state index contributed by atoms with van der Waals surface area (Å²) in [6.45, 7) is 10.1. The number of aromatic nitrogens is 2. The molecule has 0 unspecified atom stereocenters. The first-order valence-corrected chi connectivity index (χ1v) is 13.7. The van der Waals surface area contributed by atoms with E-state index in [4.69, 9.17) is 9.26 Å². The van der Waals surface area contributed by atoms with E-state index in [1.807, 2.05) is 18.2 Å². The predicted molar refractivity (Wildman–Crippen MR) is 153 cm³/mol. The van der Waals surface area contributed by atoms with Gasteiger partial charge in [-0.25, -0.2) is 0 Å². The van der Waals surface area contributed by atoms with Crippen LogP contribution in [0.2, 0.25) is 0 Å².